The topological polar surface area (TPSA) is 86.4 Å². The molecule has 3 rings (SSSR count). The van der Waals surface area contributed by atoms with Crippen molar-refractivity contribution in [1.82, 2.24) is 15.1 Å². The van der Waals surface area contributed by atoms with E-state index in [0.717, 1.165) is 4.68 Å². The Morgan fingerprint density at radius 3 is 2.59 bits per heavy atom. The number of hydrogen-bond donors (Lipinski definition) is 1. The normalized spacial score (nSPS) is 12.0. The first-order valence-electron chi connectivity index (χ1n) is 8.20. The van der Waals surface area contributed by atoms with Crippen molar-refractivity contribution in [3.63, 3.8) is 0 Å². The van der Waals surface area contributed by atoms with Gasteiger partial charge in [-0.25, -0.2) is 4.39 Å². The lowest BCUT2D eigenvalue weighted by Crippen LogP contribution is -2.33. The maximum Gasteiger partial charge on any atom is 0.272 e. The van der Waals surface area contributed by atoms with Crippen molar-refractivity contribution in [2.75, 3.05) is 13.7 Å². The highest BCUT2D eigenvalue weighted by Gasteiger charge is 2.20. The van der Waals surface area contributed by atoms with Crippen molar-refractivity contribution in [1.29, 1.82) is 0 Å². The van der Waals surface area contributed by atoms with Gasteiger partial charge in [0.25, 0.3) is 11.5 Å². The van der Waals surface area contributed by atoms with Gasteiger partial charge in [0.2, 0.25) is 0 Å². The van der Waals surface area contributed by atoms with Gasteiger partial charge in [0.05, 0.1) is 12.3 Å². The third kappa shape index (κ3) is 4.29. The van der Waals surface area contributed by atoms with Crippen LogP contribution in [0.4, 0.5) is 4.39 Å². The summed E-state index contributed by atoms with van der Waals surface area (Å²) in [6, 6.07) is 10.8. The van der Waals surface area contributed by atoms with E-state index in [1.165, 1.54) is 43.5 Å². The number of carbonyl (C=O) groups excluding carboxylic acids is 1. The van der Waals surface area contributed by atoms with Gasteiger partial charge in [-0.05, 0) is 49.4 Å². The molecule has 27 heavy (non-hydrogen) atoms. The fourth-order valence-electron chi connectivity index (χ4n) is 2.53. The number of rotatable bonds is 6. The van der Waals surface area contributed by atoms with Crippen LogP contribution in [0, 0.1) is 12.7 Å². The predicted octanol–water partition coefficient (Wildman–Crippen LogP) is 2.39. The van der Waals surface area contributed by atoms with Gasteiger partial charge in [0, 0.05) is 13.2 Å². The molecule has 3 aromatic rings. The quantitative estimate of drug-likeness (QED) is 0.719. The van der Waals surface area contributed by atoms with Crippen LogP contribution in [0.2, 0.25) is 0 Å². The van der Waals surface area contributed by atoms with Crippen LogP contribution in [-0.2, 0) is 4.74 Å². The van der Waals surface area contributed by atoms with Gasteiger partial charge >= 0.3 is 0 Å². The molecular weight excluding hydrogens is 353 g/mol. The Kier molecular flexibility index (Phi) is 5.46. The maximum absolute atomic E-state index is 13.1. The Hall–Kier alpha value is -3.26. The van der Waals surface area contributed by atoms with Crippen molar-refractivity contribution in [3.8, 4) is 5.69 Å². The fraction of sp³-hybridized carbons (Fsp3) is 0.211. The SMILES string of the molecule is COC[C@@H](NC(=O)c1ccc(=O)n(-c2ccc(F)cc2)n1)c1ccc(C)o1. The van der Waals surface area contributed by atoms with E-state index in [1.54, 1.807) is 19.1 Å². The van der Waals surface area contributed by atoms with Gasteiger partial charge in [-0.15, -0.1) is 0 Å². The number of aromatic nitrogens is 2. The molecule has 0 radical (unpaired) electrons. The van der Waals surface area contributed by atoms with Crippen LogP contribution in [0.5, 0.6) is 0 Å². The van der Waals surface area contributed by atoms with Crippen molar-refractivity contribution in [3.05, 3.63) is 81.9 Å². The highest BCUT2D eigenvalue weighted by Crippen LogP contribution is 2.17. The molecule has 1 amide bonds. The summed E-state index contributed by atoms with van der Waals surface area (Å²) in [4.78, 5) is 24.7. The molecule has 0 aliphatic rings. The van der Waals surface area contributed by atoms with Crippen molar-refractivity contribution >= 4 is 5.91 Å². The number of amides is 1. The lowest BCUT2D eigenvalue weighted by atomic mass is 10.2. The molecule has 8 heteroatoms. The Balaban J connectivity index is 1.86. The smallest absolute Gasteiger partial charge is 0.272 e. The van der Waals surface area contributed by atoms with Crippen LogP contribution in [0.15, 0.2) is 57.7 Å². The van der Waals surface area contributed by atoms with Crippen LogP contribution in [0.3, 0.4) is 0 Å². The summed E-state index contributed by atoms with van der Waals surface area (Å²) < 4.78 is 24.8. The van der Waals surface area contributed by atoms with E-state index in [-0.39, 0.29) is 12.3 Å². The molecular formula is C19H18FN3O4. The van der Waals surface area contributed by atoms with Gasteiger partial charge in [-0.2, -0.15) is 9.78 Å². The van der Waals surface area contributed by atoms with E-state index in [1.807, 2.05) is 0 Å². The second-order valence-corrected chi connectivity index (χ2v) is 5.87. The summed E-state index contributed by atoms with van der Waals surface area (Å²) in [6.07, 6.45) is 0. The summed E-state index contributed by atoms with van der Waals surface area (Å²) in [5.41, 5.74) is -0.0530. The molecule has 0 saturated carbocycles. The zero-order valence-corrected chi connectivity index (χ0v) is 14.8. The Bertz CT molecular complexity index is 995. The number of nitrogens with zero attached hydrogens (tertiary/aromatic N) is 2. The van der Waals surface area contributed by atoms with Gasteiger partial charge in [0.15, 0.2) is 0 Å². The van der Waals surface area contributed by atoms with E-state index >= 15 is 0 Å². The van der Waals surface area contributed by atoms with Crippen LogP contribution >= 0.6 is 0 Å². The third-order valence-electron chi connectivity index (χ3n) is 3.85. The molecule has 2 aromatic heterocycles. The summed E-state index contributed by atoms with van der Waals surface area (Å²) in [5.74, 6) is 0.330. The van der Waals surface area contributed by atoms with E-state index < -0.39 is 23.3 Å². The highest BCUT2D eigenvalue weighted by atomic mass is 19.1. The van der Waals surface area contributed by atoms with Crippen LogP contribution in [-0.4, -0.2) is 29.4 Å². The van der Waals surface area contributed by atoms with Crippen LogP contribution < -0.4 is 10.9 Å². The van der Waals surface area contributed by atoms with E-state index in [4.69, 9.17) is 9.15 Å². The van der Waals surface area contributed by atoms with Crippen molar-refractivity contribution in [2.24, 2.45) is 0 Å². The number of halogens is 1. The van der Waals surface area contributed by atoms with E-state index in [9.17, 15) is 14.0 Å². The molecule has 0 aliphatic carbocycles. The number of aryl methyl sites for hydroxylation is 1. The predicted molar refractivity (Wildman–Crippen MR) is 95.3 cm³/mol. The second kappa shape index (κ2) is 7.96. The molecule has 0 aliphatic heterocycles. The molecule has 140 valence electrons. The van der Waals surface area contributed by atoms with E-state index in [0.29, 0.717) is 17.2 Å². The fourth-order valence-corrected chi connectivity index (χ4v) is 2.53. The minimum absolute atomic E-state index is 0.0308. The lowest BCUT2D eigenvalue weighted by Gasteiger charge is -2.16. The first-order valence-corrected chi connectivity index (χ1v) is 8.20. The third-order valence-corrected chi connectivity index (χ3v) is 3.85. The maximum atomic E-state index is 13.1. The summed E-state index contributed by atoms with van der Waals surface area (Å²) >= 11 is 0. The van der Waals surface area contributed by atoms with E-state index in [2.05, 4.69) is 10.4 Å². The average Bonchev–Trinajstić information content (AvgIpc) is 3.09. The van der Waals surface area contributed by atoms with Crippen LogP contribution in [0.1, 0.15) is 28.1 Å². The average molecular weight is 371 g/mol. The zero-order chi connectivity index (χ0) is 19.4. The van der Waals surface area contributed by atoms with Crippen molar-refractivity contribution < 1.29 is 18.3 Å². The molecule has 0 saturated heterocycles. The minimum atomic E-state index is -0.510. The number of methoxy groups -OCH3 is 1. The molecule has 0 fully saturated rings. The largest absolute Gasteiger partial charge is 0.464 e. The standard InChI is InChI=1S/C19H18FN3O4/c1-12-3-9-17(27-12)16(11-26-2)21-19(25)15-8-10-18(24)23(22-15)14-6-4-13(20)5-7-14/h3-10,16H,11H2,1-2H3,(H,21,25)/t16-/m1/s1. The first kappa shape index (κ1) is 18.5. The number of carbonyl (C=O) groups is 1. The first-order chi connectivity index (χ1) is 13.0. The molecule has 1 aromatic carbocycles. The molecule has 0 bridgehead atoms. The molecule has 0 spiro atoms. The molecule has 2 heterocycles. The monoisotopic (exact) mass is 371 g/mol. The Morgan fingerprint density at radius 1 is 1.22 bits per heavy atom. The molecule has 1 N–H and O–H groups in total. The van der Waals surface area contributed by atoms with Gasteiger partial charge in [0.1, 0.15) is 29.1 Å². The Labute approximate surface area is 154 Å². The summed E-state index contributed by atoms with van der Waals surface area (Å²) in [7, 11) is 1.52. The highest BCUT2D eigenvalue weighted by molar-refractivity contribution is 5.92. The molecule has 1 atom stereocenters. The lowest BCUT2D eigenvalue weighted by molar-refractivity contribution is 0.0875. The summed E-state index contributed by atoms with van der Waals surface area (Å²) in [5, 5.41) is 6.86. The number of furan rings is 1. The van der Waals surface area contributed by atoms with Gasteiger partial charge in [-0.3, -0.25) is 9.59 Å². The number of benzene rings is 1. The number of nitrogens with one attached hydrogen (secondary N) is 1. The minimum Gasteiger partial charge on any atom is -0.464 e. The molecule has 7 nitrogen and oxygen atoms in total. The summed E-state index contributed by atoms with van der Waals surface area (Å²) in [6.45, 7) is 2.01. The van der Waals surface area contributed by atoms with Crippen LogP contribution in [0.25, 0.3) is 5.69 Å². The van der Waals surface area contributed by atoms with Gasteiger partial charge in [-0.1, -0.05) is 0 Å². The van der Waals surface area contributed by atoms with Crippen molar-refractivity contribution in [2.45, 2.75) is 13.0 Å². The number of hydrogen-bond acceptors (Lipinski definition) is 5. The number of ether oxygens (including phenoxy) is 1. The second-order valence-electron chi connectivity index (χ2n) is 5.87. The van der Waals surface area contributed by atoms with Gasteiger partial charge < -0.3 is 14.5 Å². The Morgan fingerprint density at radius 2 is 1.96 bits per heavy atom. The molecule has 0 unspecified atom stereocenters. The zero-order valence-electron chi connectivity index (χ0n) is 14.8.